The van der Waals surface area contributed by atoms with E-state index in [9.17, 15) is 0 Å². The van der Waals surface area contributed by atoms with Crippen LogP contribution in [0.15, 0.2) is 47.1 Å². The number of rotatable bonds is 8. The summed E-state index contributed by atoms with van der Waals surface area (Å²) in [7, 11) is 0. The van der Waals surface area contributed by atoms with Gasteiger partial charge in [-0.1, -0.05) is 45.0 Å². The van der Waals surface area contributed by atoms with Gasteiger partial charge in [0, 0.05) is 12.6 Å². The van der Waals surface area contributed by atoms with Crippen LogP contribution in [0.1, 0.15) is 43.6 Å². The molecule has 0 saturated heterocycles. The van der Waals surface area contributed by atoms with Gasteiger partial charge in [0.1, 0.15) is 12.4 Å². The maximum absolute atomic E-state index is 5.64. The molecule has 1 aromatic heterocycles. The summed E-state index contributed by atoms with van der Waals surface area (Å²) in [4.78, 5) is 0. The van der Waals surface area contributed by atoms with Crippen molar-refractivity contribution in [2.75, 3.05) is 6.54 Å². The van der Waals surface area contributed by atoms with Gasteiger partial charge < -0.3 is 14.5 Å². The van der Waals surface area contributed by atoms with Crippen LogP contribution in [0.3, 0.4) is 0 Å². The molecule has 0 amide bonds. The van der Waals surface area contributed by atoms with Crippen LogP contribution < -0.4 is 5.32 Å². The Kier molecular flexibility index (Phi) is 6.03. The Morgan fingerprint density at radius 2 is 1.81 bits per heavy atom. The highest BCUT2D eigenvalue weighted by Gasteiger charge is 2.06. The van der Waals surface area contributed by atoms with E-state index in [0.29, 0.717) is 25.2 Å². The summed E-state index contributed by atoms with van der Waals surface area (Å²) >= 11 is 0. The molecular formula is C18H25NO2. The third-order valence-corrected chi connectivity index (χ3v) is 3.47. The van der Waals surface area contributed by atoms with Crippen LogP contribution in [0.25, 0.3) is 0 Å². The molecule has 3 nitrogen and oxygen atoms in total. The smallest absolute Gasteiger partial charge is 0.129 e. The van der Waals surface area contributed by atoms with Crippen molar-refractivity contribution in [2.24, 2.45) is 0 Å². The molecule has 0 aliphatic carbocycles. The van der Waals surface area contributed by atoms with Gasteiger partial charge >= 0.3 is 0 Å². The first-order valence-corrected chi connectivity index (χ1v) is 7.57. The van der Waals surface area contributed by atoms with Gasteiger partial charge in [0.15, 0.2) is 0 Å². The predicted octanol–water partition coefficient (Wildman–Crippen LogP) is 4.10. The largest absolute Gasteiger partial charge is 0.467 e. The van der Waals surface area contributed by atoms with Crippen molar-refractivity contribution in [3.05, 3.63) is 59.5 Å². The van der Waals surface area contributed by atoms with E-state index in [1.165, 1.54) is 11.1 Å². The van der Waals surface area contributed by atoms with Gasteiger partial charge in [-0.15, -0.1) is 0 Å². The predicted molar refractivity (Wildman–Crippen MR) is 85.2 cm³/mol. The van der Waals surface area contributed by atoms with E-state index < -0.39 is 0 Å². The quantitative estimate of drug-likeness (QED) is 0.794. The van der Waals surface area contributed by atoms with E-state index in [1.807, 2.05) is 12.1 Å². The zero-order valence-electron chi connectivity index (χ0n) is 13.1. The molecule has 0 saturated carbocycles. The topological polar surface area (TPSA) is 34.4 Å². The Hall–Kier alpha value is -1.58. The van der Waals surface area contributed by atoms with Crippen molar-refractivity contribution in [2.45, 2.75) is 45.9 Å². The molecule has 1 aromatic carbocycles. The molecule has 0 fully saturated rings. The van der Waals surface area contributed by atoms with Crippen LogP contribution in [-0.2, 0) is 18.0 Å². The molecule has 0 bridgehead atoms. The van der Waals surface area contributed by atoms with Crippen molar-refractivity contribution < 1.29 is 9.15 Å². The molecule has 0 spiro atoms. The molecular weight excluding hydrogens is 262 g/mol. The summed E-state index contributed by atoms with van der Waals surface area (Å²) in [5.41, 5.74) is 2.55. The second-order valence-electron chi connectivity index (χ2n) is 5.78. The normalized spacial score (nSPS) is 12.8. The lowest BCUT2D eigenvalue weighted by Crippen LogP contribution is -2.26. The summed E-state index contributed by atoms with van der Waals surface area (Å²) in [5, 5.41) is 3.47. The van der Waals surface area contributed by atoms with Gasteiger partial charge in [-0.3, -0.25) is 0 Å². The van der Waals surface area contributed by atoms with Crippen LogP contribution >= 0.6 is 0 Å². The standard InChI is InChI=1S/C18H25NO2/c1-14(2)19-11-15(3)17-8-6-16(7-9-17)12-20-13-18-5-4-10-21-18/h4-10,14-15,19H,11-13H2,1-3H3. The SMILES string of the molecule is CC(C)NCC(C)c1ccc(COCc2ccco2)cc1. The number of hydrogen-bond donors (Lipinski definition) is 1. The lowest BCUT2D eigenvalue weighted by atomic mass is 9.99. The van der Waals surface area contributed by atoms with Crippen molar-refractivity contribution in [1.29, 1.82) is 0 Å². The first kappa shape index (κ1) is 15.8. The number of hydrogen-bond acceptors (Lipinski definition) is 3. The summed E-state index contributed by atoms with van der Waals surface area (Å²) in [6.07, 6.45) is 1.67. The molecule has 1 N–H and O–H groups in total. The van der Waals surface area contributed by atoms with E-state index >= 15 is 0 Å². The van der Waals surface area contributed by atoms with Gasteiger partial charge in [0.2, 0.25) is 0 Å². The third-order valence-electron chi connectivity index (χ3n) is 3.47. The van der Waals surface area contributed by atoms with Crippen LogP contribution in [0.4, 0.5) is 0 Å². The average molecular weight is 287 g/mol. The Labute approximate surface area is 127 Å². The van der Waals surface area contributed by atoms with E-state index in [2.05, 4.69) is 50.4 Å². The van der Waals surface area contributed by atoms with Crippen LogP contribution in [0.2, 0.25) is 0 Å². The van der Waals surface area contributed by atoms with Gasteiger partial charge in [-0.2, -0.15) is 0 Å². The molecule has 114 valence electrons. The van der Waals surface area contributed by atoms with Crippen molar-refractivity contribution in [3.8, 4) is 0 Å². The Bertz CT molecular complexity index is 503. The van der Waals surface area contributed by atoms with Gasteiger partial charge in [-0.25, -0.2) is 0 Å². The van der Waals surface area contributed by atoms with Crippen molar-refractivity contribution >= 4 is 0 Å². The van der Waals surface area contributed by atoms with Crippen molar-refractivity contribution in [3.63, 3.8) is 0 Å². The highest BCUT2D eigenvalue weighted by atomic mass is 16.5. The van der Waals surface area contributed by atoms with E-state index in [-0.39, 0.29) is 0 Å². The highest BCUT2D eigenvalue weighted by molar-refractivity contribution is 5.25. The molecule has 2 rings (SSSR count). The molecule has 1 atom stereocenters. The molecule has 1 unspecified atom stereocenters. The fourth-order valence-corrected chi connectivity index (χ4v) is 2.14. The summed E-state index contributed by atoms with van der Waals surface area (Å²) < 4.78 is 10.9. The number of ether oxygens (including phenoxy) is 1. The molecule has 2 aromatic rings. The van der Waals surface area contributed by atoms with Gasteiger partial charge in [0.05, 0.1) is 12.9 Å². The highest BCUT2D eigenvalue weighted by Crippen LogP contribution is 2.16. The van der Waals surface area contributed by atoms with Gasteiger partial charge in [-0.05, 0) is 29.2 Å². The third kappa shape index (κ3) is 5.37. The fraction of sp³-hybridized carbons (Fsp3) is 0.444. The zero-order valence-corrected chi connectivity index (χ0v) is 13.1. The minimum atomic E-state index is 0.517. The van der Waals surface area contributed by atoms with Crippen LogP contribution in [0, 0.1) is 0 Å². The molecule has 21 heavy (non-hydrogen) atoms. The molecule has 1 heterocycles. The lowest BCUT2D eigenvalue weighted by molar-refractivity contribution is 0.0929. The maximum atomic E-state index is 5.64. The molecule has 0 aliphatic rings. The molecule has 0 radical (unpaired) electrons. The van der Waals surface area contributed by atoms with Gasteiger partial charge in [0.25, 0.3) is 0 Å². The molecule has 0 aliphatic heterocycles. The zero-order chi connectivity index (χ0) is 15.1. The summed E-state index contributed by atoms with van der Waals surface area (Å²) in [5.74, 6) is 1.38. The number of benzene rings is 1. The van der Waals surface area contributed by atoms with E-state index in [1.54, 1.807) is 6.26 Å². The monoisotopic (exact) mass is 287 g/mol. The number of nitrogens with one attached hydrogen (secondary N) is 1. The lowest BCUT2D eigenvalue weighted by Gasteiger charge is -2.15. The first-order valence-electron chi connectivity index (χ1n) is 7.57. The van der Waals surface area contributed by atoms with Crippen LogP contribution in [0.5, 0.6) is 0 Å². The minimum Gasteiger partial charge on any atom is -0.467 e. The number of furan rings is 1. The average Bonchev–Trinajstić information content (AvgIpc) is 2.99. The Morgan fingerprint density at radius 3 is 2.43 bits per heavy atom. The summed E-state index contributed by atoms with van der Waals surface area (Å²) in [6, 6.07) is 13.0. The maximum Gasteiger partial charge on any atom is 0.129 e. The van der Waals surface area contributed by atoms with E-state index in [0.717, 1.165) is 12.3 Å². The Balaban J connectivity index is 1.78. The van der Waals surface area contributed by atoms with Crippen molar-refractivity contribution in [1.82, 2.24) is 5.32 Å². The van der Waals surface area contributed by atoms with Crippen LogP contribution in [-0.4, -0.2) is 12.6 Å². The first-order chi connectivity index (χ1) is 10.1. The van der Waals surface area contributed by atoms with E-state index in [4.69, 9.17) is 9.15 Å². The fourth-order valence-electron chi connectivity index (χ4n) is 2.14. The summed E-state index contributed by atoms with van der Waals surface area (Å²) in [6.45, 7) is 8.73. The second-order valence-corrected chi connectivity index (χ2v) is 5.78. The molecule has 3 heteroatoms. The Morgan fingerprint density at radius 1 is 1.05 bits per heavy atom. The minimum absolute atomic E-state index is 0.517. The second kappa shape index (κ2) is 8.01.